The fraction of sp³-hybridized carbons (Fsp3) is 1.00. The second-order valence-corrected chi connectivity index (χ2v) is 13.1. The van der Waals surface area contributed by atoms with Gasteiger partial charge in [0.05, 0.1) is 5.41 Å². The zero-order valence-electron chi connectivity index (χ0n) is 30.3. The SMILES string of the molecule is CCCCCCCCCCC(CCCCCCC)C(CCC)(CCCCCCCCCC)C(OCC)(OCC)OCC. The van der Waals surface area contributed by atoms with E-state index in [1.165, 1.54) is 148 Å². The molecule has 2 atom stereocenters. The Morgan fingerprint density at radius 1 is 0.357 bits per heavy atom. The first-order valence-electron chi connectivity index (χ1n) is 19.5. The summed E-state index contributed by atoms with van der Waals surface area (Å²) in [6, 6.07) is 0. The maximum Gasteiger partial charge on any atom is 0.289 e. The molecule has 0 heterocycles. The fourth-order valence-corrected chi connectivity index (χ4v) is 7.45. The smallest absolute Gasteiger partial charge is 0.289 e. The Labute approximate surface area is 266 Å². The van der Waals surface area contributed by atoms with Crippen LogP contribution in [-0.4, -0.2) is 25.8 Å². The standard InChI is InChI=1S/C39H80O3/c1-8-15-18-21-23-25-28-31-34-37(33-30-27-20-17-10-3)38(35-11-4,36-32-29-26-24-22-19-16-9-2)39(40-12-5,41-13-6)42-14-7/h37H,8-36H2,1-7H3. The van der Waals surface area contributed by atoms with Gasteiger partial charge in [0.2, 0.25) is 0 Å². The van der Waals surface area contributed by atoms with Gasteiger partial charge < -0.3 is 14.2 Å². The highest BCUT2D eigenvalue weighted by Gasteiger charge is 2.57. The third kappa shape index (κ3) is 17.4. The van der Waals surface area contributed by atoms with Crippen LogP contribution in [0.15, 0.2) is 0 Å². The van der Waals surface area contributed by atoms with Crippen LogP contribution in [0, 0.1) is 11.3 Å². The van der Waals surface area contributed by atoms with E-state index in [0.29, 0.717) is 25.7 Å². The predicted octanol–water partition coefficient (Wildman–Crippen LogP) is 13.6. The largest absolute Gasteiger partial charge is 0.327 e. The van der Waals surface area contributed by atoms with Crippen LogP contribution in [0.2, 0.25) is 0 Å². The molecule has 0 aromatic heterocycles. The Morgan fingerprint density at radius 2 is 0.690 bits per heavy atom. The molecule has 0 rings (SSSR count). The van der Waals surface area contributed by atoms with E-state index in [0.717, 1.165) is 19.3 Å². The van der Waals surface area contributed by atoms with E-state index >= 15 is 0 Å². The Bertz CT molecular complexity index is 519. The Kier molecular flexibility index (Phi) is 29.5. The van der Waals surface area contributed by atoms with Crippen LogP contribution in [0.1, 0.15) is 215 Å². The number of hydrogen-bond donors (Lipinski definition) is 0. The zero-order valence-corrected chi connectivity index (χ0v) is 30.3. The molecule has 0 aliphatic carbocycles. The summed E-state index contributed by atoms with van der Waals surface area (Å²) in [5.74, 6) is -0.357. The van der Waals surface area contributed by atoms with Crippen molar-refractivity contribution in [3.05, 3.63) is 0 Å². The van der Waals surface area contributed by atoms with Crippen LogP contribution in [0.3, 0.4) is 0 Å². The van der Waals surface area contributed by atoms with E-state index in [-0.39, 0.29) is 5.41 Å². The van der Waals surface area contributed by atoms with Gasteiger partial charge in [-0.25, -0.2) is 0 Å². The highest BCUT2D eigenvalue weighted by Crippen LogP contribution is 2.54. The van der Waals surface area contributed by atoms with Crippen LogP contribution in [0.5, 0.6) is 0 Å². The molecule has 0 spiro atoms. The van der Waals surface area contributed by atoms with Crippen molar-refractivity contribution in [2.45, 2.75) is 221 Å². The predicted molar refractivity (Wildman–Crippen MR) is 186 cm³/mol. The first kappa shape index (κ1) is 41.9. The highest BCUT2D eigenvalue weighted by molar-refractivity contribution is 4.95. The normalized spacial score (nSPS) is 14.4. The summed E-state index contributed by atoms with van der Waals surface area (Å²) in [6.07, 6.45) is 34.6. The van der Waals surface area contributed by atoms with Crippen LogP contribution < -0.4 is 0 Å². The zero-order chi connectivity index (χ0) is 31.2. The minimum Gasteiger partial charge on any atom is -0.327 e. The van der Waals surface area contributed by atoms with Crippen molar-refractivity contribution >= 4 is 0 Å². The number of rotatable bonds is 34. The number of hydrogen-bond acceptors (Lipinski definition) is 3. The molecule has 0 bridgehead atoms. The topological polar surface area (TPSA) is 27.7 Å². The maximum atomic E-state index is 6.71. The van der Waals surface area contributed by atoms with Gasteiger partial charge in [-0.15, -0.1) is 0 Å². The van der Waals surface area contributed by atoms with Gasteiger partial charge >= 0.3 is 0 Å². The molecule has 0 saturated carbocycles. The molecule has 0 aromatic rings. The first-order chi connectivity index (χ1) is 20.6. The molecular formula is C39H80O3. The maximum absolute atomic E-state index is 6.71. The number of unbranched alkanes of at least 4 members (excludes halogenated alkanes) is 18. The lowest BCUT2D eigenvalue weighted by molar-refractivity contribution is -0.439. The average molecular weight is 597 g/mol. The quantitative estimate of drug-likeness (QED) is 0.0546. The summed E-state index contributed by atoms with van der Waals surface area (Å²) in [7, 11) is 0. The molecule has 0 aliphatic rings. The van der Waals surface area contributed by atoms with Crippen LogP contribution in [0.25, 0.3) is 0 Å². The molecule has 0 N–H and O–H groups in total. The van der Waals surface area contributed by atoms with Gasteiger partial charge in [-0.3, -0.25) is 0 Å². The second-order valence-electron chi connectivity index (χ2n) is 13.1. The van der Waals surface area contributed by atoms with Crippen LogP contribution in [0.4, 0.5) is 0 Å². The monoisotopic (exact) mass is 597 g/mol. The average Bonchev–Trinajstić information content (AvgIpc) is 2.98. The second kappa shape index (κ2) is 29.6. The molecule has 0 saturated heterocycles. The van der Waals surface area contributed by atoms with Gasteiger partial charge in [-0.05, 0) is 52.4 Å². The van der Waals surface area contributed by atoms with Crippen molar-refractivity contribution in [1.82, 2.24) is 0 Å². The molecule has 2 unspecified atom stereocenters. The fourth-order valence-electron chi connectivity index (χ4n) is 7.45. The van der Waals surface area contributed by atoms with Crippen molar-refractivity contribution in [3.8, 4) is 0 Å². The molecule has 254 valence electrons. The third-order valence-corrected chi connectivity index (χ3v) is 9.63. The summed E-state index contributed by atoms with van der Waals surface area (Å²) in [4.78, 5) is 0. The van der Waals surface area contributed by atoms with Gasteiger partial charge in [0, 0.05) is 19.8 Å². The Morgan fingerprint density at radius 3 is 1.02 bits per heavy atom. The molecule has 0 aromatic carbocycles. The van der Waals surface area contributed by atoms with Gasteiger partial charge in [0.15, 0.2) is 0 Å². The van der Waals surface area contributed by atoms with E-state index in [2.05, 4.69) is 48.5 Å². The van der Waals surface area contributed by atoms with E-state index in [1.54, 1.807) is 0 Å². The minimum absolute atomic E-state index is 0.0993. The number of ether oxygens (including phenoxy) is 3. The summed E-state index contributed by atoms with van der Waals surface area (Å²) >= 11 is 0. The molecule has 0 aliphatic heterocycles. The molecule has 3 heteroatoms. The Hall–Kier alpha value is -0.120. The molecule has 0 amide bonds. The van der Waals surface area contributed by atoms with E-state index in [9.17, 15) is 0 Å². The van der Waals surface area contributed by atoms with E-state index in [1.807, 2.05) is 0 Å². The van der Waals surface area contributed by atoms with Crippen molar-refractivity contribution in [2.75, 3.05) is 19.8 Å². The molecule has 0 fully saturated rings. The molecule has 3 nitrogen and oxygen atoms in total. The summed E-state index contributed by atoms with van der Waals surface area (Å²) in [6.45, 7) is 17.6. The lowest BCUT2D eigenvalue weighted by Crippen LogP contribution is -2.58. The molecule has 0 radical (unpaired) electrons. The van der Waals surface area contributed by atoms with Gasteiger partial charge in [-0.2, -0.15) is 0 Å². The van der Waals surface area contributed by atoms with Crippen molar-refractivity contribution in [1.29, 1.82) is 0 Å². The lowest BCUT2D eigenvalue weighted by atomic mass is 9.63. The van der Waals surface area contributed by atoms with Crippen molar-refractivity contribution < 1.29 is 14.2 Å². The van der Waals surface area contributed by atoms with E-state index < -0.39 is 5.97 Å². The van der Waals surface area contributed by atoms with Crippen molar-refractivity contribution in [2.24, 2.45) is 11.3 Å². The van der Waals surface area contributed by atoms with Gasteiger partial charge in [0.1, 0.15) is 0 Å². The Balaban J connectivity index is 5.98. The van der Waals surface area contributed by atoms with Crippen LogP contribution in [-0.2, 0) is 14.2 Å². The van der Waals surface area contributed by atoms with Gasteiger partial charge in [-0.1, -0.05) is 169 Å². The minimum atomic E-state index is -0.934. The van der Waals surface area contributed by atoms with Crippen LogP contribution >= 0.6 is 0 Å². The third-order valence-electron chi connectivity index (χ3n) is 9.63. The van der Waals surface area contributed by atoms with E-state index in [4.69, 9.17) is 14.2 Å². The van der Waals surface area contributed by atoms with Crippen molar-refractivity contribution in [3.63, 3.8) is 0 Å². The highest BCUT2D eigenvalue weighted by atomic mass is 16.9. The van der Waals surface area contributed by atoms with Gasteiger partial charge in [0.25, 0.3) is 5.97 Å². The lowest BCUT2D eigenvalue weighted by Gasteiger charge is -2.53. The first-order valence-corrected chi connectivity index (χ1v) is 19.5. The molecular weight excluding hydrogens is 516 g/mol. The molecule has 42 heavy (non-hydrogen) atoms. The summed E-state index contributed by atoms with van der Waals surface area (Å²) in [5, 5.41) is 0. The summed E-state index contributed by atoms with van der Waals surface area (Å²) in [5.41, 5.74) is -0.0993. The summed E-state index contributed by atoms with van der Waals surface area (Å²) < 4.78 is 20.1.